The Labute approximate surface area is 203 Å². The van der Waals surface area contributed by atoms with Crippen molar-refractivity contribution in [2.24, 2.45) is 0 Å². The van der Waals surface area contributed by atoms with Gasteiger partial charge in [-0.1, -0.05) is 60.7 Å². The fourth-order valence-electron chi connectivity index (χ4n) is 3.67. The third-order valence-electron chi connectivity index (χ3n) is 5.44. The minimum absolute atomic E-state index is 0.421. The van der Waals surface area contributed by atoms with Crippen LogP contribution >= 0.6 is 0 Å². The van der Waals surface area contributed by atoms with E-state index in [1.54, 1.807) is 0 Å². The summed E-state index contributed by atoms with van der Waals surface area (Å²) in [5.41, 5.74) is 4.00. The molecule has 2 heterocycles. The first-order valence-electron chi connectivity index (χ1n) is 11.5. The second-order valence-corrected chi connectivity index (χ2v) is 8.06. The molecule has 0 bridgehead atoms. The maximum absolute atomic E-state index is 6.00. The van der Waals surface area contributed by atoms with Crippen molar-refractivity contribution < 1.29 is 9.47 Å². The molecule has 7 nitrogen and oxygen atoms in total. The zero-order valence-electron chi connectivity index (χ0n) is 19.2. The molecule has 0 aliphatic heterocycles. The van der Waals surface area contributed by atoms with Gasteiger partial charge in [-0.05, 0) is 64.4 Å². The zero-order chi connectivity index (χ0) is 23.7. The van der Waals surface area contributed by atoms with Crippen molar-refractivity contribution in [2.45, 2.75) is 19.4 Å². The lowest BCUT2D eigenvalue weighted by atomic mass is 10.1. The van der Waals surface area contributed by atoms with Crippen molar-refractivity contribution in [3.05, 3.63) is 108 Å². The van der Waals surface area contributed by atoms with Crippen molar-refractivity contribution >= 4 is 23.1 Å². The van der Waals surface area contributed by atoms with Crippen molar-refractivity contribution in [1.29, 1.82) is 0 Å². The Bertz CT molecular complexity index is 1420. The van der Waals surface area contributed by atoms with Gasteiger partial charge in [0.25, 0.3) is 0 Å². The van der Waals surface area contributed by atoms with E-state index in [0.29, 0.717) is 13.2 Å². The Hall–Kier alpha value is -4.52. The summed E-state index contributed by atoms with van der Waals surface area (Å²) in [4.78, 5) is 4.68. The largest absolute Gasteiger partial charge is 0.494 e. The topological polar surface area (TPSA) is 85.8 Å². The van der Waals surface area contributed by atoms with Crippen LogP contribution < -0.4 is 9.47 Å². The van der Waals surface area contributed by atoms with E-state index in [9.17, 15) is 0 Å². The third kappa shape index (κ3) is 6.29. The standard InChI is InChI=1S/C28H25N5O2/c1-2-11-27-23(8-1)15-16-24(29-27)20-35-26-10-4-7-22(19-26)14-13-21-6-3-9-25(18-21)34-17-5-12-28-30-32-33-31-28/h1-4,6-11,13-16,18-19H,5,12,17,20H2,(H,30,31,32,33). The average Bonchev–Trinajstić information content (AvgIpc) is 3.43. The van der Waals surface area contributed by atoms with E-state index >= 15 is 0 Å². The van der Waals surface area contributed by atoms with Crippen LogP contribution in [0.4, 0.5) is 0 Å². The minimum Gasteiger partial charge on any atom is -0.494 e. The van der Waals surface area contributed by atoms with E-state index < -0.39 is 0 Å². The van der Waals surface area contributed by atoms with Crippen molar-refractivity contribution in [3.8, 4) is 11.5 Å². The second-order valence-electron chi connectivity index (χ2n) is 8.06. The Kier molecular flexibility index (Phi) is 7.05. The van der Waals surface area contributed by atoms with Crippen LogP contribution in [0.5, 0.6) is 11.5 Å². The van der Waals surface area contributed by atoms with Gasteiger partial charge in [0.1, 0.15) is 23.9 Å². The summed E-state index contributed by atoms with van der Waals surface area (Å²) in [5.74, 6) is 2.41. The lowest BCUT2D eigenvalue weighted by Crippen LogP contribution is -2.00. The summed E-state index contributed by atoms with van der Waals surface area (Å²) in [5, 5.41) is 14.9. The van der Waals surface area contributed by atoms with Crippen molar-refractivity contribution in [2.75, 3.05) is 6.61 Å². The van der Waals surface area contributed by atoms with Gasteiger partial charge in [0, 0.05) is 11.8 Å². The van der Waals surface area contributed by atoms with Crippen LogP contribution in [0.15, 0.2) is 84.9 Å². The molecule has 0 amide bonds. The van der Waals surface area contributed by atoms with E-state index in [-0.39, 0.29) is 0 Å². The molecule has 0 saturated heterocycles. The first-order chi connectivity index (χ1) is 17.3. The van der Waals surface area contributed by atoms with Crippen LogP contribution in [0.25, 0.3) is 23.1 Å². The molecule has 5 aromatic rings. The number of benzene rings is 3. The number of nitrogens with one attached hydrogen (secondary N) is 1. The fourth-order valence-corrected chi connectivity index (χ4v) is 3.67. The Morgan fingerprint density at radius 3 is 2.31 bits per heavy atom. The molecule has 35 heavy (non-hydrogen) atoms. The molecule has 0 radical (unpaired) electrons. The van der Waals surface area contributed by atoms with E-state index in [1.807, 2.05) is 60.7 Å². The quantitative estimate of drug-likeness (QED) is 0.217. The average molecular weight is 464 g/mol. The van der Waals surface area contributed by atoms with Crippen molar-refractivity contribution in [3.63, 3.8) is 0 Å². The fraction of sp³-hybridized carbons (Fsp3) is 0.143. The molecule has 0 fully saturated rings. The first kappa shape index (κ1) is 22.3. The third-order valence-corrected chi connectivity index (χ3v) is 5.44. The molecule has 174 valence electrons. The number of fused-ring (bicyclic) bond motifs is 1. The summed E-state index contributed by atoms with van der Waals surface area (Å²) >= 11 is 0. The number of rotatable bonds is 10. The SMILES string of the molecule is C(=Cc1cccc(OCc2ccc3ccccc3n2)c1)c1cccc(OCCCc2nnn[nH]2)c1. The Morgan fingerprint density at radius 1 is 0.771 bits per heavy atom. The molecular weight excluding hydrogens is 438 g/mol. The first-order valence-corrected chi connectivity index (χ1v) is 11.5. The highest BCUT2D eigenvalue weighted by molar-refractivity contribution is 5.78. The van der Waals surface area contributed by atoms with Crippen LogP contribution in [0, 0.1) is 0 Å². The number of pyridine rings is 1. The van der Waals surface area contributed by atoms with E-state index in [4.69, 9.17) is 9.47 Å². The molecule has 3 aromatic carbocycles. The highest BCUT2D eigenvalue weighted by Gasteiger charge is 2.02. The minimum atomic E-state index is 0.421. The van der Waals surface area contributed by atoms with Crippen LogP contribution in [0.1, 0.15) is 29.1 Å². The summed E-state index contributed by atoms with van der Waals surface area (Å²) in [6, 6.07) is 28.2. The molecule has 0 saturated carbocycles. The monoisotopic (exact) mass is 463 g/mol. The van der Waals surface area contributed by atoms with Gasteiger partial charge >= 0.3 is 0 Å². The van der Waals surface area contributed by atoms with E-state index in [1.165, 1.54) is 0 Å². The van der Waals surface area contributed by atoms with Crippen LogP contribution in [-0.4, -0.2) is 32.2 Å². The van der Waals surface area contributed by atoms with E-state index in [2.05, 4.69) is 62.0 Å². The molecule has 0 atom stereocenters. The normalized spacial score (nSPS) is 11.2. The van der Waals surface area contributed by atoms with Gasteiger partial charge in [-0.15, -0.1) is 5.10 Å². The summed E-state index contributed by atoms with van der Waals surface area (Å²) in [7, 11) is 0. The molecule has 0 spiro atoms. The lowest BCUT2D eigenvalue weighted by Gasteiger charge is -2.08. The predicted molar refractivity (Wildman–Crippen MR) is 136 cm³/mol. The predicted octanol–water partition coefficient (Wildman–Crippen LogP) is 5.51. The van der Waals surface area contributed by atoms with Crippen LogP contribution in [0.3, 0.4) is 0 Å². The molecule has 0 unspecified atom stereocenters. The molecular formula is C28H25N5O2. The number of H-pyrrole nitrogens is 1. The lowest BCUT2D eigenvalue weighted by molar-refractivity contribution is 0.302. The smallest absolute Gasteiger partial charge is 0.148 e. The number of aromatic nitrogens is 5. The van der Waals surface area contributed by atoms with E-state index in [0.717, 1.165) is 57.9 Å². The molecule has 0 aliphatic rings. The van der Waals surface area contributed by atoms with Gasteiger partial charge in [-0.25, -0.2) is 10.1 Å². The number of ether oxygens (including phenoxy) is 2. The summed E-state index contributed by atoms with van der Waals surface area (Å²) in [6.07, 6.45) is 5.72. The van der Waals surface area contributed by atoms with Crippen molar-refractivity contribution in [1.82, 2.24) is 25.6 Å². The van der Waals surface area contributed by atoms with Gasteiger partial charge in [-0.3, -0.25) is 0 Å². The maximum Gasteiger partial charge on any atom is 0.148 e. The van der Waals surface area contributed by atoms with Crippen LogP contribution in [0.2, 0.25) is 0 Å². The second kappa shape index (κ2) is 11.1. The van der Waals surface area contributed by atoms with Gasteiger partial charge in [0.2, 0.25) is 0 Å². The molecule has 1 N–H and O–H groups in total. The number of tetrazole rings is 1. The van der Waals surface area contributed by atoms with Gasteiger partial charge in [-0.2, -0.15) is 0 Å². The number of aryl methyl sites for hydroxylation is 1. The zero-order valence-corrected chi connectivity index (χ0v) is 19.2. The number of para-hydroxylation sites is 1. The van der Waals surface area contributed by atoms with Crippen LogP contribution in [-0.2, 0) is 13.0 Å². The Morgan fingerprint density at radius 2 is 1.54 bits per heavy atom. The summed E-state index contributed by atoms with van der Waals surface area (Å²) in [6.45, 7) is 1.02. The van der Waals surface area contributed by atoms with Gasteiger partial charge < -0.3 is 9.47 Å². The summed E-state index contributed by atoms with van der Waals surface area (Å²) < 4.78 is 11.9. The number of hydrogen-bond acceptors (Lipinski definition) is 6. The number of nitrogens with zero attached hydrogens (tertiary/aromatic N) is 4. The molecule has 2 aromatic heterocycles. The molecule has 0 aliphatic carbocycles. The molecule has 7 heteroatoms. The number of hydrogen-bond donors (Lipinski definition) is 1. The van der Waals surface area contributed by atoms with Gasteiger partial charge in [0.05, 0.1) is 17.8 Å². The molecule has 5 rings (SSSR count). The Balaban J connectivity index is 1.16. The highest BCUT2D eigenvalue weighted by atomic mass is 16.5. The number of aromatic amines is 1. The van der Waals surface area contributed by atoms with Gasteiger partial charge in [0.15, 0.2) is 0 Å². The maximum atomic E-state index is 6.00. The highest BCUT2D eigenvalue weighted by Crippen LogP contribution is 2.20.